The van der Waals surface area contributed by atoms with E-state index >= 15 is 0 Å². The number of rotatable bonds is 3. The SMILES string of the molecule is NC(C1CCCC1)C1(CO)CCC1. The van der Waals surface area contributed by atoms with Crippen LogP contribution >= 0.6 is 0 Å². The third kappa shape index (κ3) is 1.50. The molecule has 0 bridgehead atoms. The summed E-state index contributed by atoms with van der Waals surface area (Å²) in [7, 11) is 0. The molecule has 0 aliphatic heterocycles. The summed E-state index contributed by atoms with van der Waals surface area (Å²) in [6.45, 7) is 0.310. The molecule has 2 heteroatoms. The maximum atomic E-state index is 9.39. The zero-order valence-corrected chi connectivity index (χ0v) is 8.34. The molecule has 2 rings (SSSR count). The van der Waals surface area contributed by atoms with Crippen LogP contribution in [0.3, 0.4) is 0 Å². The van der Waals surface area contributed by atoms with Gasteiger partial charge in [0.25, 0.3) is 0 Å². The van der Waals surface area contributed by atoms with Gasteiger partial charge in [0.15, 0.2) is 0 Å². The minimum Gasteiger partial charge on any atom is -0.396 e. The molecule has 0 amide bonds. The van der Waals surface area contributed by atoms with E-state index in [-0.39, 0.29) is 11.5 Å². The summed E-state index contributed by atoms with van der Waals surface area (Å²) in [4.78, 5) is 0. The van der Waals surface area contributed by atoms with Gasteiger partial charge in [0.05, 0.1) is 6.61 Å². The van der Waals surface area contributed by atoms with Gasteiger partial charge in [-0.15, -0.1) is 0 Å². The fourth-order valence-corrected chi connectivity index (χ4v) is 3.04. The van der Waals surface area contributed by atoms with Crippen LogP contribution in [-0.4, -0.2) is 17.8 Å². The van der Waals surface area contributed by atoms with Gasteiger partial charge in [0.1, 0.15) is 0 Å². The maximum absolute atomic E-state index is 9.39. The summed E-state index contributed by atoms with van der Waals surface area (Å²) in [5.74, 6) is 0.701. The number of hydrogen-bond acceptors (Lipinski definition) is 2. The molecule has 13 heavy (non-hydrogen) atoms. The van der Waals surface area contributed by atoms with E-state index in [2.05, 4.69) is 0 Å². The van der Waals surface area contributed by atoms with Crippen molar-refractivity contribution in [2.24, 2.45) is 17.1 Å². The normalized spacial score (nSPS) is 30.0. The molecule has 0 heterocycles. The lowest BCUT2D eigenvalue weighted by atomic mass is 9.61. The molecule has 2 aliphatic rings. The molecule has 3 N–H and O–H groups in total. The molecule has 2 fully saturated rings. The molecule has 1 unspecified atom stereocenters. The summed E-state index contributed by atoms with van der Waals surface area (Å²) in [6.07, 6.45) is 8.86. The van der Waals surface area contributed by atoms with E-state index in [4.69, 9.17) is 5.73 Å². The minimum absolute atomic E-state index is 0.120. The van der Waals surface area contributed by atoms with Crippen LogP contribution in [0, 0.1) is 11.3 Å². The van der Waals surface area contributed by atoms with Gasteiger partial charge in [-0.25, -0.2) is 0 Å². The molecule has 0 aromatic rings. The Kier molecular flexibility index (Phi) is 2.61. The molecule has 0 radical (unpaired) electrons. The second-order valence-electron chi connectivity index (χ2n) is 4.94. The molecule has 0 spiro atoms. The fourth-order valence-electron chi connectivity index (χ4n) is 3.04. The molecule has 2 nitrogen and oxygen atoms in total. The Morgan fingerprint density at radius 1 is 1.23 bits per heavy atom. The van der Waals surface area contributed by atoms with Crippen molar-refractivity contribution in [3.05, 3.63) is 0 Å². The van der Waals surface area contributed by atoms with Gasteiger partial charge in [-0.05, 0) is 31.6 Å². The van der Waals surface area contributed by atoms with E-state index in [0.717, 1.165) is 12.8 Å². The highest BCUT2D eigenvalue weighted by molar-refractivity contribution is 4.99. The zero-order chi connectivity index (χ0) is 9.31. The fraction of sp³-hybridized carbons (Fsp3) is 1.00. The smallest absolute Gasteiger partial charge is 0.0502 e. The van der Waals surface area contributed by atoms with Crippen LogP contribution in [0.4, 0.5) is 0 Å². The summed E-state index contributed by atoms with van der Waals surface area (Å²) < 4.78 is 0. The standard InChI is InChI=1S/C11H21NO/c12-10(9-4-1-2-5-9)11(8-13)6-3-7-11/h9-10,13H,1-8,12H2. The molecule has 1 atom stereocenters. The highest BCUT2D eigenvalue weighted by Crippen LogP contribution is 2.47. The van der Waals surface area contributed by atoms with Crippen LogP contribution in [0.25, 0.3) is 0 Å². The van der Waals surface area contributed by atoms with Gasteiger partial charge >= 0.3 is 0 Å². The minimum atomic E-state index is 0.120. The monoisotopic (exact) mass is 183 g/mol. The number of hydrogen-bond donors (Lipinski definition) is 2. The highest BCUT2D eigenvalue weighted by Gasteiger charge is 2.45. The molecule has 2 aliphatic carbocycles. The van der Waals surface area contributed by atoms with E-state index in [1.807, 2.05) is 0 Å². The van der Waals surface area contributed by atoms with Crippen molar-refractivity contribution < 1.29 is 5.11 Å². The number of nitrogens with two attached hydrogens (primary N) is 1. The third-order valence-electron chi connectivity index (χ3n) is 4.28. The van der Waals surface area contributed by atoms with E-state index in [1.165, 1.54) is 32.1 Å². The summed E-state index contributed by atoms with van der Waals surface area (Å²) in [5.41, 5.74) is 6.39. The van der Waals surface area contributed by atoms with Gasteiger partial charge in [0, 0.05) is 11.5 Å². The Labute approximate surface area is 80.5 Å². The Morgan fingerprint density at radius 3 is 2.23 bits per heavy atom. The molecule has 0 saturated heterocycles. The van der Waals surface area contributed by atoms with Crippen molar-refractivity contribution in [3.63, 3.8) is 0 Å². The largest absolute Gasteiger partial charge is 0.396 e. The quantitative estimate of drug-likeness (QED) is 0.699. The highest BCUT2D eigenvalue weighted by atomic mass is 16.3. The van der Waals surface area contributed by atoms with E-state index in [0.29, 0.717) is 12.5 Å². The second-order valence-corrected chi connectivity index (χ2v) is 4.94. The first kappa shape index (κ1) is 9.47. The molecule has 2 saturated carbocycles. The van der Waals surface area contributed by atoms with Crippen LogP contribution < -0.4 is 5.73 Å². The van der Waals surface area contributed by atoms with Crippen molar-refractivity contribution in [3.8, 4) is 0 Å². The zero-order valence-electron chi connectivity index (χ0n) is 8.34. The lowest BCUT2D eigenvalue weighted by Crippen LogP contribution is -2.52. The van der Waals surface area contributed by atoms with Crippen molar-refractivity contribution in [1.29, 1.82) is 0 Å². The van der Waals surface area contributed by atoms with Crippen molar-refractivity contribution in [2.45, 2.75) is 51.0 Å². The average molecular weight is 183 g/mol. The van der Waals surface area contributed by atoms with Gasteiger partial charge < -0.3 is 10.8 Å². The van der Waals surface area contributed by atoms with Crippen LogP contribution in [0.5, 0.6) is 0 Å². The predicted octanol–water partition coefficient (Wildman–Crippen LogP) is 1.67. The van der Waals surface area contributed by atoms with Crippen LogP contribution in [0.2, 0.25) is 0 Å². The van der Waals surface area contributed by atoms with Crippen molar-refractivity contribution in [1.82, 2.24) is 0 Å². The summed E-state index contributed by atoms with van der Waals surface area (Å²) >= 11 is 0. The lowest BCUT2D eigenvalue weighted by molar-refractivity contribution is 0.000763. The number of aliphatic hydroxyl groups excluding tert-OH is 1. The lowest BCUT2D eigenvalue weighted by Gasteiger charge is -2.47. The van der Waals surface area contributed by atoms with Crippen LogP contribution in [0.1, 0.15) is 44.9 Å². The van der Waals surface area contributed by atoms with E-state index < -0.39 is 0 Å². The summed E-state index contributed by atoms with van der Waals surface area (Å²) in [6, 6.07) is 0.272. The van der Waals surface area contributed by atoms with Crippen molar-refractivity contribution >= 4 is 0 Å². The Morgan fingerprint density at radius 2 is 1.85 bits per heavy atom. The Balaban J connectivity index is 1.97. The molecule has 76 valence electrons. The molecule has 0 aromatic heterocycles. The van der Waals surface area contributed by atoms with E-state index in [1.54, 1.807) is 0 Å². The topological polar surface area (TPSA) is 46.2 Å². The summed E-state index contributed by atoms with van der Waals surface area (Å²) in [5, 5.41) is 9.39. The van der Waals surface area contributed by atoms with Gasteiger partial charge in [-0.3, -0.25) is 0 Å². The maximum Gasteiger partial charge on any atom is 0.0502 e. The van der Waals surface area contributed by atoms with Crippen LogP contribution in [0.15, 0.2) is 0 Å². The van der Waals surface area contributed by atoms with Gasteiger partial charge in [0.2, 0.25) is 0 Å². The van der Waals surface area contributed by atoms with Crippen molar-refractivity contribution in [2.75, 3.05) is 6.61 Å². The first-order valence-corrected chi connectivity index (χ1v) is 5.65. The van der Waals surface area contributed by atoms with Crippen LogP contribution in [-0.2, 0) is 0 Å². The first-order valence-electron chi connectivity index (χ1n) is 5.65. The predicted molar refractivity (Wildman–Crippen MR) is 53.3 cm³/mol. The Hall–Kier alpha value is -0.0800. The average Bonchev–Trinajstić information content (AvgIpc) is 2.54. The molecular formula is C11H21NO. The van der Waals surface area contributed by atoms with Gasteiger partial charge in [-0.2, -0.15) is 0 Å². The van der Waals surface area contributed by atoms with E-state index in [9.17, 15) is 5.11 Å². The Bertz CT molecular complexity index is 165. The first-order chi connectivity index (χ1) is 6.28. The number of aliphatic hydroxyl groups is 1. The second kappa shape index (κ2) is 3.58. The van der Waals surface area contributed by atoms with Gasteiger partial charge in [-0.1, -0.05) is 19.3 Å². The molecule has 0 aromatic carbocycles. The third-order valence-corrected chi connectivity index (χ3v) is 4.28. The molecular weight excluding hydrogens is 162 g/mol.